The summed E-state index contributed by atoms with van der Waals surface area (Å²) in [6.07, 6.45) is 3.43. The molecule has 0 fully saturated rings. The second-order valence-electron chi connectivity index (χ2n) is 5.03. The molecule has 1 amide bonds. The van der Waals surface area contributed by atoms with E-state index in [1.165, 1.54) is 0 Å². The summed E-state index contributed by atoms with van der Waals surface area (Å²) in [7, 11) is -0.749. The van der Waals surface area contributed by atoms with Crippen LogP contribution >= 0.6 is 0 Å². The number of carbonyl (C=O) groups is 1. The van der Waals surface area contributed by atoms with Crippen LogP contribution in [0.3, 0.4) is 0 Å². The van der Waals surface area contributed by atoms with Crippen LogP contribution in [0.2, 0.25) is 0 Å². The van der Waals surface area contributed by atoms with Crippen LogP contribution in [-0.2, 0) is 15.6 Å². The molecular weight excluding hydrogens is 236 g/mol. The molecule has 5 heteroatoms. The van der Waals surface area contributed by atoms with E-state index in [9.17, 15) is 9.00 Å². The molecule has 0 spiro atoms. The molecule has 4 nitrogen and oxygen atoms in total. The maximum atomic E-state index is 11.8. The molecule has 0 heterocycles. The first-order chi connectivity index (χ1) is 7.78. The Morgan fingerprint density at radius 1 is 1.41 bits per heavy atom. The van der Waals surface area contributed by atoms with Crippen LogP contribution in [0.5, 0.6) is 0 Å². The van der Waals surface area contributed by atoms with E-state index in [1.807, 2.05) is 20.8 Å². The highest BCUT2D eigenvalue weighted by Crippen LogP contribution is 2.06. The maximum absolute atomic E-state index is 11.8. The zero-order valence-corrected chi connectivity index (χ0v) is 12.4. The van der Waals surface area contributed by atoms with Gasteiger partial charge in [0.2, 0.25) is 5.91 Å². The molecule has 0 saturated heterocycles. The quantitative estimate of drug-likeness (QED) is 0.643. The summed E-state index contributed by atoms with van der Waals surface area (Å²) in [5, 5.41) is 6.13. The van der Waals surface area contributed by atoms with Gasteiger partial charge in [0.25, 0.3) is 0 Å². The van der Waals surface area contributed by atoms with Gasteiger partial charge in [0.1, 0.15) is 0 Å². The minimum Gasteiger partial charge on any atom is -0.350 e. The minimum atomic E-state index is -0.749. The molecule has 0 radical (unpaired) electrons. The number of hydrogen-bond acceptors (Lipinski definition) is 3. The van der Waals surface area contributed by atoms with Crippen molar-refractivity contribution in [1.29, 1.82) is 0 Å². The Hall–Kier alpha value is -0.420. The summed E-state index contributed by atoms with van der Waals surface area (Å²) >= 11 is 0. The second kappa shape index (κ2) is 7.82. The standard InChI is InChI=1S/C12H26N2O2S/c1-6-12(3,4)14-11(15)10(2)13-8-7-9-17(5)16/h10,13H,6-9H2,1-5H3,(H,14,15). The molecule has 0 aromatic carbocycles. The fourth-order valence-electron chi connectivity index (χ4n) is 1.22. The molecule has 0 aromatic heterocycles. The topological polar surface area (TPSA) is 58.2 Å². The van der Waals surface area contributed by atoms with E-state index in [1.54, 1.807) is 6.26 Å². The van der Waals surface area contributed by atoms with Gasteiger partial charge in [-0.15, -0.1) is 0 Å². The molecule has 0 aromatic rings. The summed E-state index contributed by atoms with van der Waals surface area (Å²) in [5.74, 6) is 0.705. The minimum absolute atomic E-state index is 0.0227. The zero-order valence-electron chi connectivity index (χ0n) is 11.6. The van der Waals surface area contributed by atoms with E-state index >= 15 is 0 Å². The Balaban J connectivity index is 3.86. The van der Waals surface area contributed by atoms with Crippen LogP contribution < -0.4 is 10.6 Å². The molecule has 0 bridgehead atoms. The van der Waals surface area contributed by atoms with Crippen molar-refractivity contribution in [1.82, 2.24) is 10.6 Å². The van der Waals surface area contributed by atoms with Crippen molar-refractivity contribution in [2.75, 3.05) is 18.6 Å². The lowest BCUT2D eigenvalue weighted by Crippen LogP contribution is -2.50. The van der Waals surface area contributed by atoms with E-state index in [0.717, 1.165) is 19.4 Å². The van der Waals surface area contributed by atoms with Gasteiger partial charge >= 0.3 is 0 Å². The molecule has 2 atom stereocenters. The molecule has 0 aliphatic heterocycles. The summed E-state index contributed by atoms with van der Waals surface area (Å²) in [6.45, 7) is 8.65. The summed E-state index contributed by atoms with van der Waals surface area (Å²) in [6, 6.07) is -0.203. The van der Waals surface area contributed by atoms with Gasteiger partial charge in [-0.2, -0.15) is 0 Å². The van der Waals surface area contributed by atoms with Gasteiger partial charge in [-0.1, -0.05) is 6.92 Å². The molecule has 0 aliphatic carbocycles. The van der Waals surface area contributed by atoms with Gasteiger partial charge in [0.15, 0.2) is 0 Å². The molecule has 0 aliphatic rings. The van der Waals surface area contributed by atoms with E-state index in [2.05, 4.69) is 17.6 Å². The van der Waals surface area contributed by atoms with Crippen molar-refractivity contribution in [3.63, 3.8) is 0 Å². The largest absolute Gasteiger partial charge is 0.350 e. The van der Waals surface area contributed by atoms with Crippen molar-refractivity contribution in [3.05, 3.63) is 0 Å². The monoisotopic (exact) mass is 262 g/mol. The SMILES string of the molecule is CCC(C)(C)NC(=O)C(C)NCCCS(C)=O. The maximum Gasteiger partial charge on any atom is 0.237 e. The van der Waals surface area contributed by atoms with Gasteiger partial charge < -0.3 is 10.6 Å². The summed E-state index contributed by atoms with van der Waals surface area (Å²) in [5.41, 5.74) is -0.155. The third-order valence-electron chi connectivity index (χ3n) is 2.80. The first kappa shape index (κ1) is 16.6. The third-order valence-corrected chi connectivity index (χ3v) is 3.66. The van der Waals surface area contributed by atoms with Crippen molar-refractivity contribution < 1.29 is 9.00 Å². The molecular formula is C12H26N2O2S. The van der Waals surface area contributed by atoms with Gasteiger partial charge in [0.05, 0.1) is 6.04 Å². The Morgan fingerprint density at radius 3 is 2.47 bits per heavy atom. The van der Waals surface area contributed by atoms with Crippen LogP contribution in [0.15, 0.2) is 0 Å². The normalized spacial score (nSPS) is 15.4. The fraction of sp³-hybridized carbons (Fsp3) is 0.917. The average Bonchev–Trinajstić information content (AvgIpc) is 2.23. The zero-order chi connectivity index (χ0) is 13.5. The van der Waals surface area contributed by atoms with Gasteiger partial charge in [-0.05, 0) is 40.2 Å². The number of hydrogen-bond donors (Lipinski definition) is 2. The number of carbonyl (C=O) groups excluding carboxylic acids is 1. The van der Waals surface area contributed by atoms with Gasteiger partial charge in [-0.25, -0.2) is 0 Å². The molecule has 0 rings (SSSR count). The van der Waals surface area contributed by atoms with Crippen LogP contribution in [0.1, 0.15) is 40.5 Å². The van der Waals surface area contributed by atoms with Crippen LogP contribution in [0, 0.1) is 0 Å². The summed E-state index contributed by atoms with van der Waals surface area (Å²) < 4.78 is 10.9. The smallest absolute Gasteiger partial charge is 0.237 e. The summed E-state index contributed by atoms with van der Waals surface area (Å²) in [4.78, 5) is 11.8. The Morgan fingerprint density at radius 2 is 2.00 bits per heavy atom. The Kier molecular flexibility index (Phi) is 7.63. The lowest BCUT2D eigenvalue weighted by molar-refractivity contribution is -0.124. The predicted octanol–water partition coefficient (Wildman–Crippen LogP) is 1.04. The number of amides is 1. The van der Waals surface area contributed by atoms with Crippen molar-refractivity contribution in [3.8, 4) is 0 Å². The number of nitrogens with one attached hydrogen (secondary N) is 2. The molecule has 102 valence electrons. The van der Waals surface area contributed by atoms with Gasteiger partial charge in [-0.3, -0.25) is 9.00 Å². The van der Waals surface area contributed by atoms with E-state index in [0.29, 0.717) is 5.75 Å². The van der Waals surface area contributed by atoms with Crippen LogP contribution in [-0.4, -0.2) is 40.3 Å². The second-order valence-corrected chi connectivity index (χ2v) is 6.59. The highest BCUT2D eigenvalue weighted by molar-refractivity contribution is 7.84. The van der Waals surface area contributed by atoms with E-state index in [-0.39, 0.29) is 17.5 Å². The highest BCUT2D eigenvalue weighted by Gasteiger charge is 2.21. The van der Waals surface area contributed by atoms with Crippen molar-refractivity contribution >= 4 is 16.7 Å². The Labute approximate surface area is 107 Å². The van der Waals surface area contributed by atoms with Crippen LogP contribution in [0.25, 0.3) is 0 Å². The van der Waals surface area contributed by atoms with Crippen molar-refractivity contribution in [2.45, 2.75) is 52.1 Å². The van der Waals surface area contributed by atoms with E-state index in [4.69, 9.17) is 0 Å². The van der Waals surface area contributed by atoms with Crippen LogP contribution in [0.4, 0.5) is 0 Å². The first-order valence-electron chi connectivity index (χ1n) is 6.14. The highest BCUT2D eigenvalue weighted by atomic mass is 32.2. The Bertz CT molecular complexity index is 267. The molecule has 2 unspecified atom stereocenters. The average molecular weight is 262 g/mol. The third kappa shape index (κ3) is 8.32. The lowest BCUT2D eigenvalue weighted by atomic mass is 10.0. The molecule has 0 saturated carbocycles. The first-order valence-corrected chi connectivity index (χ1v) is 7.86. The molecule has 2 N–H and O–H groups in total. The van der Waals surface area contributed by atoms with Gasteiger partial charge in [0, 0.05) is 28.3 Å². The fourth-order valence-corrected chi connectivity index (χ4v) is 1.77. The predicted molar refractivity (Wildman–Crippen MR) is 73.5 cm³/mol. The lowest BCUT2D eigenvalue weighted by Gasteiger charge is -2.26. The number of rotatable bonds is 8. The molecule has 17 heavy (non-hydrogen) atoms. The van der Waals surface area contributed by atoms with E-state index < -0.39 is 10.8 Å². The van der Waals surface area contributed by atoms with Crippen molar-refractivity contribution in [2.24, 2.45) is 0 Å².